The molecular formula is C24H25F2N. The summed E-state index contributed by atoms with van der Waals surface area (Å²) in [5, 5.41) is 0. The molecule has 3 heteroatoms. The molecule has 3 rings (SSSR count). The third-order valence-electron chi connectivity index (χ3n) is 4.86. The minimum absolute atomic E-state index is 0.183. The first kappa shape index (κ1) is 19.2. The highest BCUT2D eigenvalue weighted by Crippen LogP contribution is 2.27. The van der Waals surface area contributed by atoms with Crippen molar-refractivity contribution in [2.45, 2.75) is 45.4 Å². The number of rotatable bonds is 8. The fourth-order valence-electron chi connectivity index (χ4n) is 3.27. The van der Waals surface area contributed by atoms with E-state index in [-0.39, 0.29) is 5.82 Å². The van der Waals surface area contributed by atoms with E-state index in [1.807, 2.05) is 36.4 Å². The van der Waals surface area contributed by atoms with Crippen molar-refractivity contribution in [2.24, 2.45) is 0 Å². The van der Waals surface area contributed by atoms with Gasteiger partial charge in [-0.05, 0) is 47.7 Å². The lowest BCUT2D eigenvalue weighted by Gasteiger charge is -2.08. The third kappa shape index (κ3) is 5.22. The Bertz CT molecular complexity index is 855. The highest BCUT2D eigenvalue weighted by atomic mass is 19.1. The zero-order valence-corrected chi connectivity index (χ0v) is 15.7. The van der Waals surface area contributed by atoms with Crippen LogP contribution in [0.3, 0.4) is 0 Å². The number of aryl methyl sites for hydroxylation is 1. The molecule has 0 aliphatic carbocycles. The van der Waals surface area contributed by atoms with E-state index in [1.165, 1.54) is 37.9 Å². The Morgan fingerprint density at radius 3 is 2.11 bits per heavy atom. The van der Waals surface area contributed by atoms with Crippen molar-refractivity contribution in [2.75, 3.05) is 0 Å². The van der Waals surface area contributed by atoms with Crippen molar-refractivity contribution in [1.29, 1.82) is 0 Å². The molecule has 0 N–H and O–H groups in total. The summed E-state index contributed by atoms with van der Waals surface area (Å²) in [6.45, 7) is 2.21. The number of nitrogens with zero attached hydrogens (tertiary/aromatic N) is 1. The van der Waals surface area contributed by atoms with Crippen LogP contribution in [0.1, 0.15) is 44.6 Å². The van der Waals surface area contributed by atoms with Crippen molar-refractivity contribution >= 4 is 0 Å². The van der Waals surface area contributed by atoms with E-state index >= 15 is 0 Å². The maximum absolute atomic E-state index is 14.6. The van der Waals surface area contributed by atoms with Gasteiger partial charge in [0.1, 0.15) is 5.82 Å². The highest BCUT2D eigenvalue weighted by Gasteiger charge is 2.07. The summed E-state index contributed by atoms with van der Waals surface area (Å²) >= 11 is 0. The van der Waals surface area contributed by atoms with E-state index in [1.54, 1.807) is 12.1 Å². The number of aromatic nitrogens is 1. The first-order chi connectivity index (χ1) is 13.2. The first-order valence-electron chi connectivity index (χ1n) is 9.68. The molecule has 0 spiro atoms. The minimum Gasteiger partial charge on any atom is -0.228 e. The molecule has 0 aliphatic rings. The van der Waals surface area contributed by atoms with Gasteiger partial charge in [0.15, 0.2) is 0 Å². The first-order valence-corrected chi connectivity index (χ1v) is 9.68. The van der Waals surface area contributed by atoms with Crippen LogP contribution in [0, 0.1) is 11.8 Å². The molecular weight excluding hydrogens is 340 g/mol. The lowest BCUT2D eigenvalue weighted by Crippen LogP contribution is -1.91. The molecule has 0 radical (unpaired) electrons. The molecule has 3 aromatic rings. The lowest BCUT2D eigenvalue weighted by molar-refractivity contribution is 0.584. The summed E-state index contributed by atoms with van der Waals surface area (Å²) in [6, 6.07) is 16.2. The number of unbranched alkanes of at least 4 members (excludes halogenated alkanes) is 4. The Morgan fingerprint density at radius 1 is 0.741 bits per heavy atom. The monoisotopic (exact) mass is 365 g/mol. The highest BCUT2D eigenvalue weighted by molar-refractivity contribution is 5.70. The molecule has 1 nitrogen and oxygen atoms in total. The van der Waals surface area contributed by atoms with Crippen LogP contribution < -0.4 is 0 Å². The summed E-state index contributed by atoms with van der Waals surface area (Å²) < 4.78 is 27.5. The Kier molecular flexibility index (Phi) is 6.69. The second kappa shape index (κ2) is 9.40. The van der Waals surface area contributed by atoms with Gasteiger partial charge in [0.2, 0.25) is 5.95 Å². The number of hydrogen-bond donors (Lipinski definition) is 0. The van der Waals surface area contributed by atoms with Gasteiger partial charge in [-0.3, -0.25) is 0 Å². The van der Waals surface area contributed by atoms with Gasteiger partial charge in [0.25, 0.3) is 0 Å². The van der Waals surface area contributed by atoms with Crippen LogP contribution in [0.5, 0.6) is 0 Å². The van der Waals surface area contributed by atoms with Gasteiger partial charge in [-0.25, -0.2) is 9.37 Å². The topological polar surface area (TPSA) is 12.9 Å². The van der Waals surface area contributed by atoms with E-state index in [2.05, 4.69) is 11.9 Å². The smallest absolute Gasteiger partial charge is 0.212 e. The van der Waals surface area contributed by atoms with E-state index in [9.17, 15) is 8.78 Å². The van der Waals surface area contributed by atoms with Crippen LogP contribution in [0.4, 0.5) is 8.78 Å². The van der Waals surface area contributed by atoms with E-state index in [0.29, 0.717) is 5.56 Å². The van der Waals surface area contributed by atoms with E-state index in [0.717, 1.165) is 35.1 Å². The third-order valence-corrected chi connectivity index (χ3v) is 4.86. The SMILES string of the molecule is CCCCCCCc1ccc(-c2ccc(-c3ccc(F)nc3)cc2)c(F)c1. The second-order valence-corrected chi connectivity index (χ2v) is 6.93. The van der Waals surface area contributed by atoms with Gasteiger partial charge in [-0.2, -0.15) is 4.39 Å². The molecule has 0 atom stereocenters. The van der Waals surface area contributed by atoms with Gasteiger partial charge >= 0.3 is 0 Å². The minimum atomic E-state index is -0.497. The summed E-state index contributed by atoms with van der Waals surface area (Å²) in [6.07, 6.45) is 8.51. The Labute approximate surface area is 160 Å². The second-order valence-electron chi connectivity index (χ2n) is 6.93. The van der Waals surface area contributed by atoms with Crippen molar-refractivity contribution < 1.29 is 8.78 Å². The average Bonchev–Trinajstić information content (AvgIpc) is 2.69. The molecule has 0 unspecified atom stereocenters. The maximum atomic E-state index is 14.6. The van der Waals surface area contributed by atoms with Gasteiger partial charge in [0, 0.05) is 17.3 Å². The largest absolute Gasteiger partial charge is 0.228 e. The van der Waals surface area contributed by atoms with Crippen LogP contribution in [-0.2, 0) is 6.42 Å². The summed E-state index contributed by atoms with van der Waals surface area (Å²) in [7, 11) is 0. The van der Waals surface area contributed by atoms with E-state index in [4.69, 9.17) is 0 Å². The Balaban J connectivity index is 1.68. The van der Waals surface area contributed by atoms with Crippen molar-refractivity contribution in [3.8, 4) is 22.3 Å². The molecule has 0 aliphatic heterocycles. The molecule has 0 fully saturated rings. The predicted octanol–water partition coefficient (Wildman–Crippen LogP) is 7.21. The Hall–Kier alpha value is -2.55. The predicted molar refractivity (Wildman–Crippen MR) is 107 cm³/mol. The normalized spacial score (nSPS) is 10.9. The van der Waals surface area contributed by atoms with E-state index < -0.39 is 5.95 Å². The van der Waals surface area contributed by atoms with Crippen LogP contribution in [0.25, 0.3) is 22.3 Å². The van der Waals surface area contributed by atoms with Crippen LogP contribution in [-0.4, -0.2) is 4.98 Å². The van der Waals surface area contributed by atoms with Crippen molar-refractivity contribution in [3.63, 3.8) is 0 Å². The van der Waals surface area contributed by atoms with Gasteiger partial charge in [-0.1, -0.05) is 69.0 Å². The summed E-state index contributed by atoms with van der Waals surface area (Å²) in [5.41, 5.74) is 4.26. The molecule has 27 heavy (non-hydrogen) atoms. The zero-order chi connectivity index (χ0) is 19.1. The molecule has 1 aromatic heterocycles. The number of benzene rings is 2. The number of hydrogen-bond acceptors (Lipinski definition) is 1. The van der Waals surface area contributed by atoms with Crippen molar-refractivity contribution in [3.05, 3.63) is 78.1 Å². The zero-order valence-electron chi connectivity index (χ0n) is 15.7. The van der Waals surface area contributed by atoms with Crippen LogP contribution >= 0.6 is 0 Å². The van der Waals surface area contributed by atoms with Crippen LogP contribution in [0.15, 0.2) is 60.8 Å². The maximum Gasteiger partial charge on any atom is 0.212 e. The van der Waals surface area contributed by atoms with Gasteiger partial charge < -0.3 is 0 Å². The molecule has 1 heterocycles. The quantitative estimate of drug-likeness (QED) is 0.304. The molecule has 0 saturated carbocycles. The van der Waals surface area contributed by atoms with Crippen LogP contribution in [0.2, 0.25) is 0 Å². The fraction of sp³-hybridized carbons (Fsp3) is 0.292. The molecule has 0 bridgehead atoms. The standard InChI is InChI=1S/C24H25F2N/c1-2-3-4-5-6-7-18-8-14-22(23(25)16-18)20-11-9-19(10-12-20)21-13-15-24(26)27-17-21/h8-17H,2-7H2,1H3. The number of halogens is 2. The molecule has 2 aromatic carbocycles. The van der Waals surface area contributed by atoms with Gasteiger partial charge in [-0.15, -0.1) is 0 Å². The Morgan fingerprint density at radius 2 is 1.44 bits per heavy atom. The fourth-order valence-corrected chi connectivity index (χ4v) is 3.27. The summed E-state index contributed by atoms with van der Waals surface area (Å²) in [4.78, 5) is 3.67. The molecule has 0 amide bonds. The molecule has 140 valence electrons. The molecule has 0 saturated heterocycles. The number of pyridine rings is 1. The van der Waals surface area contributed by atoms with Crippen molar-refractivity contribution in [1.82, 2.24) is 4.98 Å². The lowest BCUT2D eigenvalue weighted by atomic mass is 9.98. The van der Waals surface area contributed by atoms with Gasteiger partial charge in [0.05, 0.1) is 0 Å². The summed E-state index contributed by atoms with van der Waals surface area (Å²) in [5.74, 6) is -0.680. The average molecular weight is 365 g/mol.